The number of aryl methyl sites for hydroxylation is 2. The number of carbonyl (C=O) groups is 2. The predicted molar refractivity (Wildman–Crippen MR) is 125 cm³/mol. The van der Waals surface area contributed by atoms with Crippen molar-refractivity contribution in [2.24, 2.45) is 0 Å². The van der Waals surface area contributed by atoms with Crippen LogP contribution >= 0.6 is 0 Å². The number of alkyl halides is 3. The normalized spacial score (nSPS) is 17.6. The zero-order valence-electron chi connectivity index (χ0n) is 19.0. The number of ketones is 1. The maximum atomic E-state index is 13.2. The molecule has 1 atom stereocenters. The molecule has 1 unspecified atom stereocenters. The van der Waals surface area contributed by atoms with Gasteiger partial charge in [-0.1, -0.05) is 61.0 Å². The lowest BCUT2D eigenvalue weighted by atomic mass is 9.94. The number of halogens is 3. The molecule has 8 heteroatoms. The molecule has 3 aromatic carbocycles. The third-order valence-corrected chi connectivity index (χ3v) is 5.79. The lowest BCUT2D eigenvalue weighted by molar-refractivity contribution is -0.274. The molecule has 1 aliphatic rings. The third-order valence-electron chi connectivity index (χ3n) is 5.79. The van der Waals surface area contributed by atoms with Crippen molar-refractivity contribution in [1.29, 1.82) is 0 Å². The van der Waals surface area contributed by atoms with Crippen LogP contribution in [-0.2, 0) is 16.0 Å². The summed E-state index contributed by atoms with van der Waals surface area (Å²) in [5.41, 5.74) is 2.96. The van der Waals surface area contributed by atoms with Crippen molar-refractivity contribution in [2.75, 3.05) is 4.90 Å². The summed E-state index contributed by atoms with van der Waals surface area (Å²) in [5, 5.41) is 11.1. The quantitative estimate of drug-likeness (QED) is 0.272. The Kier molecular flexibility index (Phi) is 6.39. The van der Waals surface area contributed by atoms with Crippen LogP contribution in [-0.4, -0.2) is 23.2 Å². The number of hydrogen-bond acceptors (Lipinski definition) is 4. The van der Waals surface area contributed by atoms with Crippen LogP contribution in [0.3, 0.4) is 0 Å². The van der Waals surface area contributed by atoms with Gasteiger partial charge in [0.1, 0.15) is 11.5 Å². The summed E-state index contributed by atoms with van der Waals surface area (Å²) in [5.74, 6) is -2.56. The monoisotopic (exact) mass is 481 g/mol. The minimum Gasteiger partial charge on any atom is -0.507 e. The van der Waals surface area contributed by atoms with Gasteiger partial charge in [0.15, 0.2) is 0 Å². The summed E-state index contributed by atoms with van der Waals surface area (Å²) in [7, 11) is 0. The summed E-state index contributed by atoms with van der Waals surface area (Å²) < 4.78 is 41.6. The Morgan fingerprint density at radius 2 is 1.66 bits per heavy atom. The lowest BCUT2D eigenvalue weighted by Crippen LogP contribution is -2.29. The van der Waals surface area contributed by atoms with E-state index in [0.29, 0.717) is 11.1 Å². The van der Waals surface area contributed by atoms with E-state index in [2.05, 4.69) is 4.74 Å². The fourth-order valence-corrected chi connectivity index (χ4v) is 4.12. The number of aliphatic hydroxyl groups is 1. The van der Waals surface area contributed by atoms with Gasteiger partial charge in [0.05, 0.1) is 11.6 Å². The van der Waals surface area contributed by atoms with E-state index in [0.717, 1.165) is 29.7 Å². The molecule has 1 fully saturated rings. The molecule has 0 bridgehead atoms. The molecule has 0 spiro atoms. The number of rotatable bonds is 5. The second-order valence-electron chi connectivity index (χ2n) is 8.18. The first-order chi connectivity index (χ1) is 16.6. The Bertz CT molecular complexity index is 1300. The second kappa shape index (κ2) is 9.29. The third kappa shape index (κ3) is 4.91. The molecule has 0 aliphatic carbocycles. The van der Waals surface area contributed by atoms with Crippen LogP contribution in [0.5, 0.6) is 5.75 Å². The molecule has 5 nitrogen and oxygen atoms in total. The van der Waals surface area contributed by atoms with E-state index >= 15 is 0 Å². The van der Waals surface area contributed by atoms with E-state index in [1.165, 1.54) is 17.0 Å². The summed E-state index contributed by atoms with van der Waals surface area (Å²) in [6.45, 7) is 3.84. The van der Waals surface area contributed by atoms with Gasteiger partial charge in [0, 0.05) is 11.3 Å². The average molecular weight is 481 g/mol. The van der Waals surface area contributed by atoms with Gasteiger partial charge in [-0.3, -0.25) is 14.5 Å². The highest BCUT2D eigenvalue weighted by Crippen LogP contribution is 2.42. The highest BCUT2D eigenvalue weighted by atomic mass is 19.4. The molecule has 0 saturated carbocycles. The Balaban J connectivity index is 1.84. The SMILES string of the molecule is CCc1ccc(/C(O)=C2/C(=O)C(=O)N(c3ccc(OC(F)(F)F)cc3)C2c2cccc(C)c2)cc1. The van der Waals surface area contributed by atoms with E-state index in [-0.39, 0.29) is 17.0 Å². The smallest absolute Gasteiger partial charge is 0.507 e. The standard InChI is InChI=1S/C27H22F3NO4/c1-3-17-7-9-18(10-8-17)24(32)22-23(19-6-4-5-16(2)15-19)31(26(34)25(22)33)20-11-13-21(14-12-20)35-27(28,29)30/h4-15,23,32H,3H2,1-2H3/b24-22-. The highest BCUT2D eigenvalue weighted by molar-refractivity contribution is 6.51. The van der Waals surface area contributed by atoms with Crippen LogP contribution < -0.4 is 9.64 Å². The van der Waals surface area contributed by atoms with Gasteiger partial charge in [-0.15, -0.1) is 13.2 Å². The number of nitrogens with zero attached hydrogens (tertiary/aromatic N) is 1. The molecule has 0 radical (unpaired) electrons. The predicted octanol–water partition coefficient (Wildman–Crippen LogP) is 6.08. The van der Waals surface area contributed by atoms with Crippen LogP contribution in [0.1, 0.15) is 35.2 Å². The molecule has 35 heavy (non-hydrogen) atoms. The number of hydrogen-bond donors (Lipinski definition) is 1. The van der Waals surface area contributed by atoms with E-state index < -0.39 is 29.8 Å². The van der Waals surface area contributed by atoms with E-state index in [9.17, 15) is 27.9 Å². The van der Waals surface area contributed by atoms with Crippen molar-refractivity contribution in [3.8, 4) is 5.75 Å². The maximum Gasteiger partial charge on any atom is 0.573 e. The van der Waals surface area contributed by atoms with Crippen LogP contribution in [0.2, 0.25) is 0 Å². The van der Waals surface area contributed by atoms with Gasteiger partial charge >= 0.3 is 6.36 Å². The molecule has 1 heterocycles. The summed E-state index contributed by atoms with van der Waals surface area (Å²) in [4.78, 5) is 27.5. The lowest BCUT2D eigenvalue weighted by Gasteiger charge is -2.26. The highest BCUT2D eigenvalue weighted by Gasteiger charge is 2.47. The zero-order chi connectivity index (χ0) is 25.3. The molecule has 180 valence electrons. The fourth-order valence-electron chi connectivity index (χ4n) is 4.12. The van der Waals surface area contributed by atoms with Crippen molar-refractivity contribution >= 4 is 23.1 Å². The van der Waals surface area contributed by atoms with Gasteiger partial charge in [-0.25, -0.2) is 0 Å². The number of benzene rings is 3. The maximum absolute atomic E-state index is 13.2. The molecule has 0 aromatic heterocycles. The van der Waals surface area contributed by atoms with Crippen molar-refractivity contribution in [2.45, 2.75) is 32.7 Å². The van der Waals surface area contributed by atoms with Gasteiger partial charge in [0.2, 0.25) is 0 Å². The van der Waals surface area contributed by atoms with Crippen LogP contribution in [0, 0.1) is 6.92 Å². The molecule has 1 amide bonds. The molecule has 3 aromatic rings. The number of amides is 1. The van der Waals surface area contributed by atoms with E-state index in [1.54, 1.807) is 30.3 Å². The average Bonchev–Trinajstić information content (AvgIpc) is 3.09. The van der Waals surface area contributed by atoms with Gasteiger partial charge in [0.25, 0.3) is 11.7 Å². The second-order valence-corrected chi connectivity index (χ2v) is 8.18. The van der Waals surface area contributed by atoms with Crippen LogP contribution in [0.15, 0.2) is 78.4 Å². The van der Waals surface area contributed by atoms with Gasteiger partial charge in [-0.2, -0.15) is 0 Å². The van der Waals surface area contributed by atoms with Crippen molar-refractivity contribution in [3.05, 3.63) is 101 Å². The number of aliphatic hydroxyl groups excluding tert-OH is 1. The van der Waals surface area contributed by atoms with E-state index in [4.69, 9.17) is 0 Å². The Morgan fingerprint density at radius 1 is 1.00 bits per heavy atom. The number of Topliss-reactive ketones (excluding diaryl/α,β-unsaturated/α-hetero) is 1. The molecule has 4 rings (SSSR count). The molecule has 1 N–H and O–H groups in total. The Labute approximate surface area is 200 Å². The summed E-state index contributed by atoms with van der Waals surface area (Å²) in [6.07, 6.45) is -4.07. The van der Waals surface area contributed by atoms with E-state index in [1.807, 2.05) is 32.0 Å². The molecular weight excluding hydrogens is 459 g/mol. The Hall–Kier alpha value is -4.07. The minimum atomic E-state index is -4.86. The van der Waals surface area contributed by atoms with Gasteiger partial charge in [-0.05, 0) is 48.7 Å². The van der Waals surface area contributed by atoms with Crippen LogP contribution in [0.25, 0.3) is 5.76 Å². The zero-order valence-corrected chi connectivity index (χ0v) is 19.0. The molecule has 1 aliphatic heterocycles. The largest absolute Gasteiger partial charge is 0.573 e. The Morgan fingerprint density at radius 3 is 2.23 bits per heavy atom. The number of anilines is 1. The van der Waals surface area contributed by atoms with Crippen molar-refractivity contribution in [3.63, 3.8) is 0 Å². The number of carbonyl (C=O) groups excluding carboxylic acids is 2. The number of ether oxygens (including phenoxy) is 1. The molecule has 1 saturated heterocycles. The fraction of sp³-hybridized carbons (Fsp3) is 0.185. The van der Waals surface area contributed by atoms with Crippen molar-refractivity contribution in [1.82, 2.24) is 0 Å². The summed E-state index contributed by atoms with van der Waals surface area (Å²) >= 11 is 0. The van der Waals surface area contributed by atoms with Crippen LogP contribution in [0.4, 0.5) is 18.9 Å². The van der Waals surface area contributed by atoms with Gasteiger partial charge < -0.3 is 9.84 Å². The topological polar surface area (TPSA) is 66.8 Å². The molecular formula is C27H22F3NO4. The first-order valence-corrected chi connectivity index (χ1v) is 10.9. The van der Waals surface area contributed by atoms with Crippen molar-refractivity contribution < 1.29 is 32.6 Å². The summed E-state index contributed by atoms with van der Waals surface area (Å²) in [6, 6.07) is 17.8. The minimum absolute atomic E-state index is 0.0968. The first-order valence-electron chi connectivity index (χ1n) is 10.9. The first kappa shape index (κ1) is 24.1.